The zero-order valence-electron chi connectivity index (χ0n) is 7.57. The van der Waals surface area contributed by atoms with Crippen LogP contribution in [-0.4, -0.2) is 32.6 Å². The smallest absolute Gasteiger partial charge is 0.183 e. The fraction of sp³-hybridized carbons (Fsp3) is 0.750. The van der Waals surface area contributed by atoms with Crippen LogP contribution in [0.5, 0.6) is 0 Å². The van der Waals surface area contributed by atoms with E-state index in [1.807, 2.05) is 0 Å². The molecule has 5 heteroatoms. The van der Waals surface area contributed by atoms with E-state index in [2.05, 4.69) is 15.2 Å². The summed E-state index contributed by atoms with van der Waals surface area (Å²) in [5, 5.41) is 16.0. The number of thioether (sulfide) groups is 1. The highest BCUT2D eigenvalue weighted by atomic mass is 32.2. The first-order valence-electron chi connectivity index (χ1n) is 4.52. The Bertz CT molecular complexity index is 203. The van der Waals surface area contributed by atoms with Gasteiger partial charge in [0, 0.05) is 12.4 Å². The van der Waals surface area contributed by atoms with E-state index in [4.69, 9.17) is 5.11 Å². The van der Waals surface area contributed by atoms with Crippen LogP contribution in [0.4, 0.5) is 0 Å². The first-order valence-corrected chi connectivity index (χ1v) is 5.51. The third-order valence-electron chi connectivity index (χ3n) is 1.68. The number of aliphatic hydroxyl groups is 1. The van der Waals surface area contributed by atoms with Gasteiger partial charge >= 0.3 is 0 Å². The molecule has 13 heavy (non-hydrogen) atoms. The predicted molar refractivity (Wildman–Crippen MR) is 52.7 cm³/mol. The summed E-state index contributed by atoms with van der Waals surface area (Å²) in [5.41, 5.74) is 0. The molecule has 0 aliphatic rings. The van der Waals surface area contributed by atoms with Crippen molar-refractivity contribution in [2.24, 2.45) is 0 Å². The largest absolute Gasteiger partial charge is 0.396 e. The van der Waals surface area contributed by atoms with E-state index in [0.29, 0.717) is 6.61 Å². The summed E-state index contributed by atoms with van der Waals surface area (Å²) in [4.78, 5) is 4.01. The maximum Gasteiger partial charge on any atom is 0.183 e. The molecule has 0 saturated heterocycles. The number of aromatic nitrogens is 3. The van der Waals surface area contributed by atoms with Crippen molar-refractivity contribution in [1.82, 2.24) is 15.2 Å². The maximum atomic E-state index is 8.54. The Labute approximate surface area is 82.2 Å². The van der Waals surface area contributed by atoms with Crippen LogP contribution in [0.2, 0.25) is 0 Å². The maximum absolute atomic E-state index is 8.54. The fourth-order valence-electron chi connectivity index (χ4n) is 1.00. The number of nitrogens with zero attached hydrogens (tertiary/aromatic N) is 2. The molecule has 0 aliphatic heterocycles. The molecule has 2 N–H and O–H groups in total. The third-order valence-corrected chi connectivity index (χ3v) is 2.65. The van der Waals surface area contributed by atoms with Gasteiger partial charge in [0.2, 0.25) is 0 Å². The molecule has 0 amide bonds. The second kappa shape index (κ2) is 6.91. The summed E-state index contributed by atoms with van der Waals surface area (Å²) in [6, 6.07) is 0. The molecular weight excluding hydrogens is 186 g/mol. The first-order chi connectivity index (χ1) is 6.43. The van der Waals surface area contributed by atoms with Crippen molar-refractivity contribution >= 4 is 11.8 Å². The lowest BCUT2D eigenvalue weighted by atomic mass is 10.2. The van der Waals surface area contributed by atoms with Crippen molar-refractivity contribution < 1.29 is 5.11 Å². The summed E-state index contributed by atoms with van der Waals surface area (Å²) >= 11 is 1.69. The van der Waals surface area contributed by atoms with E-state index in [-0.39, 0.29) is 0 Å². The van der Waals surface area contributed by atoms with Crippen molar-refractivity contribution in [3.63, 3.8) is 0 Å². The highest BCUT2D eigenvalue weighted by Gasteiger charge is 1.95. The van der Waals surface area contributed by atoms with Crippen LogP contribution in [-0.2, 0) is 0 Å². The molecule has 0 bridgehead atoms. The van der Waals surface area contributed by atoms with Gasteiger partial charge in [-0.15, -0.1) is 0 Å². The minimum atomic E-state index is 0.315. The average molecular weight is 201 g/mol. The van der Waals surface area contributed by atoms with E-state index >= 15 is 0 Å². The minimum Gasteiger partial charge on any atom is -0.396 e. The van der Waals surface area contributed by atoms with Gasteiger partial charge in [-0.3, -0.25) is 5.10 Å². The monoisotopic (exact) mass is 201 g/mol. The lowest BCUT2D eigenvalue weighted by molar-refractivity contribution is 0.283. The Morgan fingerprint density at radius 1 is 1.31 bits per heavy atom. The number of unbranched alkanes of at least 4 members (excludes halogenated alkanes) is 3. The van der Waals surface area contributed by atoms with Gasteiger partial charge < -0.3 is 5.11 Å². The van der Waals surface area contributed by atoms with Crippen LogP contribution in [0.15, 0.2) is 11.5 Å². The van der Waals surface area contributed by atoms with E-state index in [1.165, 1.54) is 19.2 Å². The van der Waals surface area contributed by atoms with E-state index in [0.717, 1.165) is 23.8 Å². The second-order valence-electron chi connectivity index (χ2n) is 2.78. The second-order valence-corrected chi connectivity index (χ2v) is 3.86. The minimum absolute atomic E-state index is 0.315. The van der Waals surface area contributed by atoms with Crippen LogP contribution in [0.3, 0.4) is 0 Å². The summed E-state index contributed by atoms with van der Waals surface area (Å²) in [6.45, 7) is 0.315. The number of aliphatic hydroxyl groups excluding tert-OH is 1. The normalized spacial score (nSPS) is 10.5. The molecule has 1 heterocycles. The van der Waals surface area contributed by atoms with Gasteiger partial charge in [0.15, 0.2) is 5.16 Å². The van der Waals surface area contributed by atoms with Crippen molar-refractivity contribution in [1.29, 1.82) is 0 Å². The Morgan fingerprint density at radius 3 is 2.85 bits per heavy atom. The molecule has 0 spiro atoms. The zero-order chi connectivity index (χ0) is 9.36. The number of H-pyrrole nitrogens is 1. The number of hydrogen-bond acceptors (Lipinski definition) is 4. The lowest BCUT2D eigenvalue weighted by Gasteiger charge is -1.97. The van der Waals surface area contributed by atoms with Crippen LogP contribution in [0.1, 0.15) is 25.7 Å². The standard InChI is InChI=1S/C8H15N3OS/c12-5-3-1-2-4-6-13-8-9-7-10-11-8/h7,12H,1-6H2,(H,9,10,11). The Morgan fingerprint density at radius 2 is 2.15 bits per heavy atom. The molecule has 0 unspecified atom stereocenters. The van der Waals surface area contributed by atoms with Crippen LogP contribution in [0.25, 0.3) is 0 Å². The number of hydrogen-bond donors (Lipinski definition) is 2. The molecule has 0 atom stereocenters. The quantitative estimate of drug-likeness (QED) is 0.518. The molecule has 4 nitrogen and oxygen atoms in total. The van der Waals surface area contributed by atoms with Gasteiger partial charge in [-0.25, -0.2) is 4.98 Å². The third kappa shape index (κ3) is 4.90. The molecule has 1 aromatic rings. The van der Waals surface area contributed by atoms with Crippen molar-refractivity contribution in [2.45, 2.75) is 30.8 Å². The number of aromatic amines is 1. The summed E-state index contributed by atoms with van der Waals surface area (Å²) in [5.74, 6) is 1.07. The average Bonchev–Trinajstić information content (AvgIpc) is 2.63. The highest BCUT2D eigenvalue weighted by molar-refractivity contribution is 7.99. The number of nitrogens with one attached hydrogen (secondary N) is 1. The highest BCUT2D eigenvalue weighted by Crippen LogP contribution is 2.13. The zero-order valence-corrected chi connectivity index (χ0v) is 8.39. The van der Waals surface area contributed by atoms with Gasteiger partial charge in [0.1, 0.15) is 6.33 Å². The Kier molecular flexibility index (Phi) is 5.60. The molecule has 0 aliphatic carbocycles. The van der Waals surface area contributed by atoms with Crippen molar-refractivity contribution in [3.8, 4) is 0 Å². The van der Waals surface area contributed by atoms with E-state index in [1.54, 1.807) is 11.8 Å². The van der Waals surface area contributed by atoms with Gasteiger partial charge in [0.25, 0.3) is 0 Å². The lowest BCUT2D eigenvalue weighted by Crippen LogP contribution is -1.86. The molecule has 0 fully saturated rings. The van der Waals surface area contributed by atoms with Crippen LogP contribution < -0.4 is 0 Å². The summed E-state index contributed by atoms with van der Waals surface area (Å²) in [6.07, 6.45) is 5.92. The molecular formula is C8H15N3OS. The summed E-state index contributed by atoms with van der Waals surface area (Å²) in [7, 11) is 0. The molecule has 1 aromatic heterocycles. The molecule has 0 aromatic carbocycles. The molecule has 74 valence electrons. The van der Waals surface area contributed by atoms with E-state index < -0.39 is 0 Å². The van der Waals surface area contributed by atoms with Gasteiger partial charge in [-0.2, -0.15) is 5.10 Å². The fourth-order valence-corrected chi connectivity index (χ4v) is 1.78. The molecule has 1 rings (SSSR count). The van der Waals surface area contributed by atoms with Crippen LogP contribution >= 0.6 is 11.8 Å². The van der Waals surface area contributed by atoms with Crippen LogP contribution in [0, 0.1) is 0 Å². The summed E-state index contributed by atoms with van der Waals surface area (Å²) < 4.78 is 0. The van der Waals surface area contributed by atoms with E-state index in [9.17, 15) is 0 Å². The van der Waals surface area contributed by atoms with Gasteiger partial charge in [-0.05, 0) is 12.8 Å². The number of rotatable bonds is 7. The van der Waals surface area contributed by atoms with Crippen molar-refractivity contribution in [3.05, 3.63) is 6.33 Å². The molecule has 0 saturated carbocycles. The topological polar surface area (TPSA) is 61.8 Å². The van der Waals surface area contributed by atoms with Gasteiger partial charge in [-0.1, -0.05) is 24.6 Å². The predicted octanol–water partition coefficient (Wildman–Crippen LogP) is 1.45. The van der Waals surface area contributed by atoms with Crippen molar-refractivity contribution in [2.75, 3.05) is 12.4 Å². The molecule has 0 radical (unpaired) electrons. The first kappa shape index (κ1) is 10.5. The Balaban J connectivity index is 1.90. The Hall–Kier alpha value is -0.550. The SMILES string of the molecule is OCCCCCCSc1ncn[nH]1. The van der Waals surface area contributed by atoms with Gasteiger partial charge in [0.05, 0.1) is 0 Å².